The van der Waals surface area contributed by atoms with Gasteiger partial charge in [0.25, 0.3) is 5.91 Å². The van der Waals surface area contributed by atoms with Gasteiger partial charge >= 0.3 is 0 Å². The van der Waals surface area contributed by atoms with E-state index in [2.05, 4.69) is 10.3 Å². The van der Waals surface area contributed by atoms with Crippen LogP contribution in [-0.4, -0.2) is 23.3 Å². The predicted molar refractivity (Wildman–Crippen MR) is 64.0 cm³/mol. The number of hydrogen-bond acceptors (Lipinski definition) is 4. The van der Waals surface area contributed by atoms with Gasteiger partial charge in [-0.05, 0) is 26.0 Å². The van der Waals surface area contributed by atoms with Crippen molar-refractivity contribution in [2.45, 2.75) is 13.8 Å². The molecular formula is C11H16N4O2. The molecule has 6 nitrogen and oxygen atoms in total. The molecule has 0 aliphatic carbocycles. The van der Waals surface area contributed by atoms with Gasteiger partial charge in [-0.2, -0.15) is 0 Å². The van der Waals surface area contributed by atoms with Gasteiger partial charge in [-0.3, -0.25) is 9.59 Å². The second-order valence-corrected chi connectivity index (χ2v) is 4.40. The first-order valence-electron chi connectivity index (χ1n) is 5.12. The topological polar surface area (TPSA) is 111 Å². The van der Waals surface area contributed by atoms with Crippen LogP contribution in [0.25, 0.3) is 0 Å². The highest BCUT2D eigenvalue weighted by atomic mass is 16.2. The van der Waals surface area contributed by atoms with Gasteiger partial charge in [0, 0.05) is 12.7 Å². The number of rotatable bonds is 4. The SMILES string of the molecule is CC(C)(CNC(=O)c1ccc(N)nc1)C(N)=O. The zero-order valence-electron chi connectivity index (χ0n) is 9.86. The number of hydrogen-bond donors (Lipinski definition) is 3. The van der Waals surface area contributed by atoms with Crippen molar-refractivity contribution in [3.8, 4) is 0 Å². The van der Waals surface area contributed by atoms with Gasteiger partial charge in [0.15, 0.2) is 0 Å². The average Bonchev–Trinajstić information content (AvgIpc) is 2.27. The Morgan fingerprint density at radius 2 is 2.06 bits per heavy atom. The van der Waals surface area contributed by atoms with Crippen LogP contribution in [0.4, 0.5) is 5.82 Å². The molecule has 0 spiro atoms. The Morgan fingerprint density at radius 1 is 1.41 bits per heavy atom. The quantitative estimate of drug-likeness (QED) is 0.678. The third-order valence-corrected chi connectivity index (χ3v) is 2.41. The van der Waals surface area contributed by atoms with E-state index in [1.807, 2.05) is 0 Å². The largest absolute Gasteiger partial charge is 0.384 e. The molecule has 1 rings (SSSR count). The first kappa shape index (κ1) is 13.0. The third kappa shape index (κ3) is 3.44. The molecule has 0 aromatic carbocycles. The number of primary amides is 1. The molecule has 0 aliphatic rings. The molecule has 0 atom stereocenters. The molecule has 1 aromatic rings. The van der Waals surface area contributed by atoms with Crippen LogP contribution >= 0.6 is 0 Å². The minimum atomic E-state index is -0.781. The zero-order valence-corrected chi connectivity index (χ0v) is 9.86. The molecule has 5 N–H and O–H groups in total. The molecule has 1 aromatic heterocycles. The Bertz CT molecular complexity index is 426. The Labute approximate surface area is 99.4 Å². The zero-order chi connectivity index (χ0) is 13.1. The smallest absolute Gasteiger partial charge is 0.252 e. The van der Waals surface area contributed by atoms with Crippen molar-refractivity contribution in [3.63, 3.8) is 0 Å². The molecular weight excluding hydrogens is 220 g/mol. The third-order valence-electron chi connectivity index (χ3n) is 2.41. The summed E-state index contributed by atoms with van der Waals surface area (Å²) in [7, 11) is 0. The molecule has 2 amide bonds. The van der Waals surface area contributed by atoms with Crippen molar-refractivity contribution in [3.05, 3.63) is 23.9 Å². The van der Waals surface area contributed by atoms with Crippen molar-refractivity contribution in [2.24, 2.45) is 11.1 Å². The van der Waals surface area contributed by atoms with E-state index in [-0.39, 0.29) is 12.5 Å². The highest BCUT2D eigenvalue weighted by molar-refractivity contribution is 5.94. The summed E-state index contributed by atoms with van der Waals surface area (Å²) >= 11 is 0. The summed E-state index contributed by atoms with van der Waals surface area (Å²) in [4.78, 5) is 26.5. The summed E-state index contributed by atoms with van der Waals surface area (Å²) in [5.41, 5.74) is 10.2. The van der Waals surface area contributed by atoms with Gasteiger partial charge in [0.1, 0.15) is 5.82 Å². The van der Waals surface area contributed by atoms with Gasteiger partial charge in [-0.25, -0.2) is 4.98 Å². The van der Waals surface area contributed by atoms with E-state index in [0.717, 1.165) is 0 Å². The minimum absolute atomic E-state index is 0.172. The van der Waals surface area contributed by atoms with Crippen LogP contribution in [-0.2, 0) is 4.79 Å². The molecule has 0 bridgehead atoms. The first-order valence-corrected chi connectivity index (χ1v) is 5.12. The molecule has 1 heterocycles. The molecule has 6 heteroatoms. The van der Waals surface area contributed by atoms with E-state index in [0.29, 0.717) is 11.4 Å². The molecule has 0 radical (unpaired) electrons. The van der Waals surface area contributed by atoms with Crippen molar-refractivity contribution in [2.75, 3.05) is 12.3 Å². The normalized spacial score (nSPS) is 10.9. The maximum Gasteiger partial charge on any atom is 0.252 e. The van der Waals surface area contributed by atoms with E-state index in [1.54, 1.807) is 19.9 Å². The number of anilines is 1. The maximum atomic E-state index is 11.7. The molecule has 0 unspecified atom stereocenters. The van der Waals surface area contributed by atoms with Crippen LogP contribution in [0.15, 0.2) is 18.3 Å². The number of aromatic nitrogens is 1. The number of nitrogens with zero attached hydrogens (tertiary/aromatic N) is 1. The van der Waals surface area contributed by atoms with Gasteiger partial charge in [0.05, 0.1) is 11.0 Å². The van der Waals surface area contributed by atoms with E-state index < -0.39 is 11.3 Å². The van der Waals surface area contributed by atoms with Crippen LogP contribution in [0.3, 0.4) is 0 Å². The van der Waals surface area contributed by atoms with Gasteiger partial charge < -0.3 is 16.8 Å². The number of nitrogens with two attached hydrogens (primary N) is 2. The fraction of sp³-hybridized carbons (Fsp3) is 0.364. The Morgan fingerprint density at radius 3 is 2.53 bits per heavy atom. The molecule has 0 saturated carbocycles. The highest BCUT2D eigenvalue weighted by Gasteiger charge is 2.25. The van der Waals surface area contributed by atoms with Gasteiger partial charge in [0.2, 0.25) is 5.91 Å². The lowest BCUT2D eigenvalue weighted by Gasteiger charge is -2.20. The summed E-state index contributed by atoms with van der Waals surface area (Å²) in [6.07, 6.45) is 1.38. The van der Waals surface area contributed by atoms with Crippen LogP contribution in [0, 0.1) is 5.41 Å². The summed E-state index contributed by atoms with van der Waals surface area (Å²) in [6, 6.07) is 3.10. The summed E-state index contributed by atoms with van der Waals surface area (Å²) < 4.78 is 0. The number of nitrogen functional groups attached to an aromatic ring is 1. The lowest BCUT2D eigenvalue weighted by Crippen LogP contribution is -2.42. The van der Waals surface area contributed by atoms with Gasteiger partial charge in [-0.1, -0.05) is 0 Å². The summed E-state index contributed by atoms with van der Waals surface area (Å²) in [5, 5.41) is 2.62. The molecule has 0 fully saturated rings. The van der Waals surface area contributed by atoms with Crippen LogP contribution in [0.5, 0.6) is 0 Å². The Balaban J connectivity index is 2.62. The second kappa shape index (κ2) is 4.82. The number of carbonyl (C=O) groups excluding carboxylic acids is 2. The van der Waals surface area contributed by atoms with Crippen molar-refractivity contribution in [1.29, 1.82) is 0 Å². The lowest BCUT2D eigenvalue weighted by atomic mass is 9.93. The van der Waals surface area contributed by atoms with E-state index >= 15 is 0 Å². The highest BCUT2D eigenvalue weighted by Crippen LogP contribution is 2.12. The van der Waals surface area contributed by atoms with Crippen LogP contribution in [0.1, 0.15) is 24.2 Å². The van der Waals surface area contributed by atoms with Gasteiger partial charge in [-0.15, -0.1) is 0 Å². The van der Waals surface area contributed by atoms with E-state index in [1.165, 1.54) is 12.3 Å². The molecule has 0 saturated heterocycles. The molecule has 0 aliphatic heterocycles. The molecule has 17 heavy (non-hydrogen) atoms. The van der Waals surface area contributed by atoms with Crippen molar-refractivity contribution in [1.82, 2.24) is 10.3 Å². The summed E-state index contributed by atoms with van der Waals surface area (Å²) in [5.74, 6) is -0.431. The monoisotopic (exact) mass is 236 g/mol. The molecule has 92 valence electrons. The fourth-order valence-corrected chi connectivity index (χ4v) is 1.03. The average molecular weight is 236 g/mol. The van der Waals surface area contributed by atoms with Crippen LogP contribution in [0.2, 0.25) is 0 Å². The summed E-state index contributed by atoms with van der Waals surface area (Å²) in [6.45, 7) is 3.50. The standard InChI is InChI=1S/C11H16N4O2/c1-11(2,10(13)17)6-15-9(16)7-3-4-8(12)14-5-7/h3-5H,6H2,1-2H3,(H2,12,14)(H2,13,17)(H,15,16). The lowest BCUT2D eigenvalue weighted by molar-refractivity contribution is -0.125. The minimum Gasteiger partial charge on any atom is -0.384 e. The Kier molecular flexibility index (Phi) is 3.67. The van der Waals surface area contributed by atoms with Crippen molar-refractivity contribution < 1.29 is 9.59 Å². The number of pyridine rings is 1. The Hall–Kier alpha value is -2.11. The fourth-order valence-electron chi connectivity index (χ4n) is 1.03. The van der Waals surface area contributed by atoms with Crippen LogP contribution < -0.4 is 16.8 Å². The number of nitrogens with one attached hydrogen (secondary N) is 1. The predicted octanol–water partition coefficient (Wildman–Crippen LogP) is -0.0949. The number of amides is 2. The van der Waals surface area contributed by atoms with Crippen molar-refractivity contribution >= 4 is 17.6 Å². The number of carbonyl (C=O) groups is 2. The van der Waals surface area contributed by atoms with E-state index in [4.69, 9.17) is 11.5 Å². The second-order valence-electron chi connectivity index (χ2n) is 4.40. The van der Waals surface area contributed by atoms with E-state index in [9.17, 15) is 9.59 Å². The maximum absolute atomic E-state index is 11.7. The first-order chi connectivity index (χ1) is 7.83.